The van der Waals surface area contributed by atoms with Crippen LogP contribution in [0.15, 0.2) is 57.0 Å². The van der Waals surface area contributed by atoms with Crippen LogP contribution in [0.5, 0.6) is 0 Å². The van der Waals surface area contributed by atoms with Gasteiger partial charge >= 0.3 is 0 Å². The predicted molar refractivity (Wildman–Crippen MR) is 112 cm³/mol. The minimum atomic E-state index is -3.57. The fourth-order valence-electron chi connectivity index (χ4n) is 2.54. The van der Waals surface area contributed by atoms with Crippen molar-refractivity contribution < 1.29 is 17.9 Å². The Bertz CT molecular complexity index is 915. The first-order valence-corrected chi connectivity index (χ1v) is 11.7. The molecule has 1 atom stereocenters. The standard InChI is InChI=1S/C18H20BrN3O4S2/c1-13(18(23)21-15-4-2-14(19)3-5-15)27-17-7-6-16(12-20-17)28(24,25)22-8-10-26-11-9-22/h2-7,12-13H,8-11H2,1H3,(H,21,23). The zero-order valence-corrected chi connectivity index (χ0v) is 18.4. The Morgan fingerprint density at radius 1 is 1.21 bits per heavy atom. The summed E-state index contributed by atoms with van der Waals surface area (Å²) in [5, 5.41) is 3.04. The smallest absolute Gasteiger partial charge is 0.244 e. The first kappa shape index (κ1) is 21.3. The second-order valence-corrected chi connectivity index (χ2v) is 10.3. The normalized spacial score (nSPS) is 16.5. The number of hydrogen-bond acceptors (Lipinski definition) is 6. The van der Waals surface area contributed by atoms with Gasteiger partial charge in [-0.15, -0.1) is 0 Å². The van der Waals surface area contributed by atoms with Gasteiger partial charge in [0.05, 0.1) is 23.5 Å². The van der Waals surface area contributed by atoms with E-state index in [1.165, 1.54) is 28.3 Å². The third kappa shape index (κ3) is 5.32. The molecule has 10 heteroatoms. The third-order valence-corrected chi connectivity index (χ3v) is 7.56. The molecular weight excluding hydrogens is 466 g/mol. The number of hydrogen-bond donors (Lipinski definition) is 1. The van der Waals surface area contributed by atoms with Gasteiger partial charge in [-0.25, -0.2) is 13.4 Å². The fourth-order valence-corrected chi connectivity index (χ4v) is 4.94. The van der Waals surface area contributed by atoms with E-state index in [0.717, 1.165) is 4.47 Å². The van der Waals surface area contributed by atoms with Crippen molar-refractivity contribution >= 4 is 49.3 Å². The van der Waals surface area contributed by atoms with Crippen molar-refractivity contribution in [3.05, 3.63) is 47.1 Å². The number of anilines is 1. The highest BCUT2D eigenvalue weighted by Crippen LogP contribution is 2.25. The number of pyridine rings is 1. The lowest BCUT2D eigenvalue weighted by Crippen LogP contribution is -2.40. The third-order valence-electron chi connectivity index (χ3n) is 4.10. The Hall–Kier alpha value is -1.46. The molecule has 7 nitrogen and oxygen atoms in total. The highest BCUT2D eigenvalue weighted by molar-refractivity contribution is 9.10. The maximum atomic E-state index is 12.6. The van der Waals surface area contributed by atoms with Gasteiger partial charge in [0.25, 0.3) is 0 Å². The molecule has 1 aromatic carbocycles. The van der Waals surface area contributed by atoms with Crippen LogP contribution < -0.4 is 5.32 Å². The number of carbonyl (C=O) groups excluding carboxylic acids is 1. The van der Waals surface area contributed by atoms with E-state index in [4.69, 9.17) is 4.74 Å². The van der Waals surface area contributed by atoms with E-state index in [-0.39, 0.29) is 10.8 Å². The van der Waals surface area contributed by atoms with Crippen molar-refractivity contribution in [2.75, 3.05) is 31.6 Å². The summed E-state index contributed by atoms with van der Waals surface area (Å²) in [7, 11) is -3.57. The van der Waals surface area contributed by atoms with Crippen molar-refractivity contribution in [2.24, 2.45) is 0 Å². The van der Waals surface area contributed by atoms with Crippen LogP contribution in [0.3, 0.4) is 0 Å². The molecule has 0 aliphatic carbocycles. The molecule has 1 unspecified atom stereocenters. The number of thioether (sulfide) groups is 1. The highest BCUT2D eigenvalue weighted by Gasteiger charge is 2.26. The van der Waals surface area contributed by atoms with Gasteiger partial charge in [-0.2, -0.15) is 4.31 Å². The number of aromatic nitrogens is 1. The maximum Gasteiger partial charge on any atom is 0.244 e. The summed E-state index contributed by atoms with van der Waals surface area (Å²) >= 11 is 4.62. The van der Waals surface area contributed by atoms with Crippen LogP contribution in [0.2, 0.25) is 0 Å². The van der Waals surface area contributed by atoms with Crippen molar-refractivity contribution in [3.63, 3.8) is 0 Å². The van der Waals surface area contributed by atoms with Gasteiger partial charge in [-0.05, 0) is 43.3 Å². The van der Waals surface area contributed by atoms with Crippen LogP contribution in [0.25, 0.3) is 0 Å². The van der Waals surface area contributed by atoms with Crippen molar-refractivity contribution in [3.8, 4) is 0 Å². The van der Waals surface area contributed by atoms with Gasteiger partial charge in [-0.1, -0.05) is 27.7 Å². The number of sulfonamides is 1. The van der Waals surface area contributed by atoms with Crippen LogP contribution >= 0.6 is 27.7 Å². The molecule has 2 aromatic rings. The number of rotatable bonds is 6. The SMILES string of the molecule is CC(Sc1ccc(S(=O)(=O)N2CCOCC2)cn1)C(=O)Nc1ccc(Br)cc1. The van der Waals surface area contributed by atoms with E-state index < -0.39 is 15.3 Å². The number of ether oxygens (including phenoxy) is 1. The van der Waals surface area contributed by atoms with Crippen LogP contribution in [0.1, 0.15) is 6.92 Å². The topological polar surface area (TPSA) is 88.6 Å². The van der Waals surface area contributed by atoms with Crippen LogP contribution in [0, 0.1) is 0 Å². The minimum Gasteiger partial charge on any atom is -0.379 e. The quantitative estimate of drug-likeness (QED) is 0.632. The zero-order valence-electron chi connectivity index (χ0n) is 15.2. The molecule has 0 bridgehead atoms. The molecule has 0 saturated carbocycles. The number of morpholine rings is 1. The molecule has 2 heterocycles. The first-order valence-electron chi connectivity index (χ1n) is 8.63. The molecule has 1 fully saturated rings. The highest BCUT2D eigenvalue weighted by atomic mass is 79.9. The van der Waals surface area contributed by atoms with E-state index in [1.54, 1.807) is 13.0 Å². The minimum absolute atomic E-state index is 0.144. The van der Waals surface area contributed by atoms with E-state index in [9.17, 15) is 13.2 Å². The zero-order chi connectivity index (χ0) is 20.1. The maximum absolute atomic E-state index is 12.6. The Labute approximate surface area is 177 Å². The van der Waals surface area contributed by atoms with E-state index in [1.807, 2.05) is 24.3 Å². The fraction of sp³-hybridized carbons (Fsp3) is 0.333. The average Bonchev–Trinajstić information content (AvgIpc) is 2.70. The lowest BCUT2D eigenvalue weighted by atomic mass is 10.3. The second-order valence-electron chi connectivity index (χ2n) is 6.10. The van der Waals surface area contributed by atoms with E-state index in [0.29, 0.717) is 37.0 Å². The molecule has 1 saturated heterocycles. The van der Waals surface area contributed by atoms with Crippen molar-refractivity contribution in [1.29, 1.82) is 0 Å². The molecule has 1 aliphatic rings. The van der Waals surface area contributed by atoms with E-state index >= 15 is 0 Å². The lowest BCUT2D eigenvalue weighted by molar-refractivity contribution is -0.115. The van der Waals surface area contributed by atoms with Gasteiger partial charge in [-0.3, -0.25) is 4.79 Å². The Balaban J connectivity index is 1.61. The first-order chi connectivity index (χ1) is 13.4. The Morgan fingerprint density at radius 3 is 2.50 bits per heavy atom. The summed E-state index contributed by atoms with van der Waals surface area (Å²) in [5.41, 5.74) is 0.709. The number of halogens is 1. The van der Waals surface area contributed by atoms with Crippen LogP contribution in [0.4, 0.5) is 5.69 Å². The molecule has 3 rings (SSSR count). The molecule has 1 aromatic heterocycles. The van der Waals surface area contributed by atoms with Gasteiger partial charge in [0, 0.05) is 29.4 Å². The number of carbonyl (C=O) groups is 1. The summed E-state index contributed by atoms with van der Waals surface area (Å²) in [5.74, 6) is -0.154. The molecule has 0 radical (unpaired) electrons. The summed E-state index contributed by atoms with van der Waals surface area (Å²) in [6.45, 7) is 3.24. The monoisotopic (exact) mass is 485 g/mol. The molecular formula is C18H20BrN3O4S2. The van der Waals surface area contributed by atoms with Gasteiger partial charge < -0.3 is 10.1 Å². The van der Waals surface area contributed by atoms with Crippen LogP contribution in [-0.4, -0.2) is 55.2 Å². The molecule has 0 spiro atoms. The van der Waals surface area contributed by atoms with Crippen molar-refractivity contribution in [2.45, 2.75) is 22.1 Å². The number of benzene rings is 1. The summed E-state index contributed by atoms with van der Waals surface area (Å²) in [6.07, 6.45) is 1.34. The summed E-state index contributed by atoms with van der Waals surface area (Å²) < 4.78 is 32.8. The molecule has 150 valence electrons. The van der Waals surface area contributed by atoms with Crippen molar-refractivity contribution in [1.82, 2.24) is 9.29 Å². The summed E-state index contributed by atoms with van der Waals surface area (Å²) in [4.78, 5) is 16.7. The van der Waals surface area contributed by atoms with Gasteiger partial charge in [0.1, 0.15) is 4.90 Å². The molecule has 1 N–H and O–H groups in total. The molecule has 1 aliphatic heterocycles. The Kier molecular flexibility index (Phi) is 7.10. The Morgan fingerprint density at radius 2 is 1.89 bits per heavy atom. The number of nitrogens with one attached hydrogen (secondary N) is 1. The van der Waals surface area contributed by atoms with E-state index in [2.05, 4.69) is 26.2 Å². The van der Waals surface area contributed by atoms with Crippen LogP contribution in [-0.2, 0) is 19.6 Å². The largest absolute Gasteiger partial charge is 0.379 e. The summed E-state index contributed by atoms with van der Waals surface area (Å²) in [6, 6.07) is 10.5. The van der Waals surface area contributed by atoms with Gasteiger partial charge in [0.15, 0.2) is 0 Å². The lowest BCUT2D eigenvalue weighted by Gasteiger charge is -2.25. The number of nitrogens with zero attached hydrogens (tertiary/aromatic N) is 2. The van der Waals surface area contributed by atoms with Gasteiger partial charge in [0.2, 0.25) is 15.9 Å². The average molecular weight is 486 g/mol. The molecule has 28 heavy (non-hydrogen) atoms. The molecule has 1 amide bonds. The second kappa shape index (κ2) is 9.36. The number of amides is 1. The predicted octanol–water partition coefficient (Wildman–Crippen LogP) is 2.98.